The third-order valence-corrected chi connectivity index (χ3v) is 4.57. The topological polar surface area (TPSA) is 29.1 Å². The first-order valence-electron chi connectivity index (χ1n) is 6.51. The fourth-order valence-corrected chi connectivity index (χ4v) is 3.58. The van der Waals surface area contributed by atoms with E-state index in [4.69, 9.17) is 0 Å². The second-order valence-corrected chi connectivity index (χ2v) is 5.81. The number of nitrogens with one attached hydrogen (secondary N) is 1. The highest BCUT2D eigenvalue weighted by Gasteiger charge is 2.20. The molecule has 1 heterocycles. The molecule has 2 aromatic rings. The molecule has 2 nitrogen and oxygen atoms in total. The van der Waals surface area contributed by atoms with Crippen LogP contribution in [0.5, 0.6) is 0 Å². The Morgan fingerprint density at radius 1 is 1.15 bits per heavy atom. The Labute approximate surface area is 119 Å². The maximum absolute atomic E-state index is 13.1. The number of carbonyl (C=O) groups excluding carboxylic acids is 1. The molecule has 0 aliphatic heterocycles. The van der Waals surface area contributed by atoms with Crippen LogP contribution in [0.4, 0.5) is 14.5 Å². The Morgan fingerprint density at radius 2 is 1.95 bits per heavy atom. The number of thiophene rings is 1. The van der Waals surface area contributed by atoms with Crippen LogP contribution in [0.2, 0.25) is 0 Å². The monoisotopic (exact) mass is 293 g/mol. The predicted molar refractivity (Wildman–Crippen MR) is 75.3 cm³/mol. The number of rotatable bonds is 2. The van der Waals surface area contributed by atoms with Gasteiger partial charge >= 0.3 is 0 Å². The molecule has 0 spiro atoms. The lowest BCUT2D eigenvalue weighted by molar-refractivity contribution is 0.102. The summed E-state index contributed by atoms with van der Waals surface area (Å²) in [5.41, 5.74) is 2.04. The van der Waals surface area contributed by atoms with Crippen molar-refractivity contribution >= 4 is 22.9 Å². The smallest absolute Gasteiger partial charge is 0.256 e. The van der Waals surface area contributed by atoms with E-state index in [1.807, 2.05) is 5.38 Å². The minimum absolute atomic E-state index is 0.254. The second kappa shape index (κ2) is 5.32. The van der Waals surface area contributed by atoms with Gasteiger partial charge in [-0.25, -0.2) is 8.78 Å². The SMILES string of the molecule is O=C(Nc1ccc(F)c(F)c1)c1csc2c1CCCC2. The van der Waals surface area contributed by atoms with Gasteiger partial charge in [-0.05, 0) is 43.4 Å². The molecule has 0 saturated carbocycles. The highest BCUT2D eigenvalue weighted by atomic mass is 32.1. The second-order valence-electron chi connectivity index (χ2n) is 4.84. The van der Waals surface area contributed by atoms with Crippen molar-refractivity contribution in [2.24, 2.45) is 0 Å². The minimum Gasteiger partial charge on any atom is -0.322 e. The van der Waals surface area contributed by atoms with Gasteiger partial charge in [-0.2, -0.15) is 0 Å². The Morgan fingerprint density at radius 3 is 2.75 bits per heavy atom. The quantitative estimate of drug-likeness (QED) is 0.885. The van der Waals surface area contributed by atoms with E-state index < -0.39 is 11.6 Å². The van der Waals surface area contributed by atoms with E-state index in [-0.39, 0.29) is 11.6 Å². The molecule has 1 aromatic carbocycles. The Bertz CT molecular complexity index is 666. The van der Waals surface area contributed by atoms with Crippen LogP contribution in [-0.2, 0) is 12.8 Å². The molecule has 20 heavy (non-hydrogen) atoms. The van der Waals surface area contributed by atoms with Crippen LogP contribution in [0.1, 0.15) is 33.6 Å². The van der Waals surface area contributed by atoms with E-state index in [1.54, 1.807) is 11.3 Å². The molecule has 1 amide bonds. The van der Waals surface area contributed by atoms with Crippen molar-refractivity contribution in [1.82, 2.24) is 0 Å². The van der Waals surface area contributed by atoms with Crippen molar-refractivity contribution in [1.29, 1.82) is 0 Å². The Balaban J connectivity index is 1.82. The summed E-state index contributed by atoms with van der Waals surface area (Å²) in [4.78, 5) is 13.5. The fraction of sp³-hybridized carbons (Fsp3) is 0.267. The molecule has 0 atom stereocenters. The fourth-order valence-electron chi connectivity index (χ4n) is 2.46. The highest BCUT2D eigenvalue weighted by molar-refractivity contribution is 7.10. The van der Waals surface area contributed by atoms with Crippen LogP contribution in [-0.4, -0.2) is 5.91 Å². The van der Waals surface area contributed by atoms with Gasteiger partial charge in [-0.1, -0.05) is 0 Å². The first kappa shape index (κ1) is 13.2. The van der Waals surface area contributed by atoms with Crippen molar-refractivity contribution in [3.63, 3.8) is 0 Å². The molecule has 1 aromatic heterocycles. The van der Waals surface area contributed by atoms with Crippen molar-refractivity contribution in [2.75, 3.05) is 5.32 Å². The summed E-state index contributed by atoms with van der Waals surface area (Å²) in [6, 6.07) is 3.36. The lowest BCUT2D eigenvalue weighted by Gasteiger charge is -2.12. The maximum atomic E-state index is 13.1. The molecule has 0 bridgehead atoms. The summed E-state index contributed by atoms with van der Waals surface area (Å²) < 4.78 is 26.0. The summed E-state index contributed by atoms with van der Waals surface area (Å²) in [6.45, 7) is 0. The third-order valence-electron chi connectivity index (χ3n) is 3.48. The van der Waals surface area contributed by atoms with Gasteiger partial charge < -0.3 is 5.32 Å². The summed E-state index contributed by atoms with van der Waals surface area (Å²) in [5.74, 6) is -2.14. The van der Waals surface area contributed by atoms with E-state index in [9.17, 15) is 13.6 Å². The number of fused-ring (bicyclic) bond motifs is 1. The van der Waals surface area contributed by atoms with E-state index >= 15 is 0 Å². The molecule has 5 heteroatoms. The molecule has 0 saturated heterocycles. The van der Waals surface area contributed by atoms with Crippen LogP contribution in [0.3, 0.4) is 0 Å². The van der Waals surface area contributed by atoms with Crippen molar-refractivity contribution in [2.45, 2.75) is 25.7 Å². The zero-order valence-electron chi connectivity index (χ0n) is 10.7. The summed E-state index contributed by atoms with van der Waals surface area (Å²) in [7, 11) is 0. The summed E-state index contributed by atoms with van der Waals surface area (Å²) in [6.07, 6.45) is 4.20. The predicted octanol–water partition coefficient (Wildman–Crippen LogP) is 4.16. The van der Waals surface area contributed by atoms with Gasteiger partial charge in [-0.3, -0.25) is 4.79 Å². The molecule has 0 fully saturated rings. The summed E-state index contributed by atoms with van der Waals surface area (Å²) >= 11 is 1.60. The van der Waals surface area contributed by atoms with Gasteiger partial charge in [0.15, 0.2) is 11.6 Å². The van der Waals surface area contributed by atoms with Gasteiger partial charge in [0.1, 0.15) is 0 Å². The number of amides is 1. The molecular weight excluding hydrogens is 280 g/mol. The largest absolute Gasteiger partial charge is 0.322 e. The first-order valence-corrected chi connectivity index (χ1v) is 7.39. The molecule has 0 unspecified atom stereocenters. The molecule has 1 N–H and O–H groups in total. The molecule has 0 radical (unpaired) electrons. The first-order chi connectivity index (χ1) is 9.65. The standard InChI is InChI=1S/C15H13F2NOS/c16-12-6-5-9(7-13(12)17)18-15(19)11-8-20-14-4-2-1-3-10(11)14/h5-8H,1-4H2,(H,18,19). The Hall–Kier alpha value is -1.75. The number of carbonyl (C=O) groups is 1. The van der Waals surface area contributed by atoms with Crippen molar-refractivity contribution in [3.8, 4) is 0 Å². The van der Waals surface area contributed by atoms with Crippen molar-refractivity contribution in [3.05, 3.63) is 51.2 Å². The minimum atomic E-state index is -0.963. The zero-order chi connectivity index (χ0) is 14.1. The molecule has 1 aliphatic rings. The molecule has 104 valence electrons. The van der Waals surface area contributed by atoms with Crippen LogP contribution in [0.25, 0.3) is 0 Å². The molecular formula is C15H13F2NOS. The number of benzene rings is 1. The lowest BCUT2D eigenvalue weighted by atomic mass is 9.95. The number of anilines is 1. The van der Waals surface area contributed by atoms with Crippen LogP contribution in [0, 0.1) is 11.6 Å². The van der Waals surface area contributed by atoms with Gasteiger partial charge in [-0.15, -0.1) is 11.3 Å². The van der Waals surface area contributed by atoms with Gasteiger partial charge in [0.2, 0.25) is 0 Å². The van der Waals surface area contributed by atoms with Crippen LogP contribution < -0.4 is 5.32 Å². The van der Waals surface area contributed by atoms with Crippen LogP contribution in [0.15, 0.2) is 23.6 Å². The number of hydrogen-bond donors (Lipinski definition) is 1. The van der Waals surface area contributed by atoms with E-state index in [1.165, 1.54) is 10.9 Å². The van der Waals surface area contributed by atoms with E-state index in [0.29, 0.717) is 5.56 Å². The van der Waals surface area contributed by atoms with Crippen molar-refractivity contribution < 1.29 is 13.6 Å². The number of halogens is 2. The normalized spacial score (nSPS) is 13.9. The maximum Gasteiger partial charge on any atom is 0.256 e. The van der Waals surface area contributed by atoms with E-state index in [2.05, 4.69) is 5.32 Å². The van der Waals surface area contributed by atoms with Crippen LogP contribution >= 0.6 is 11.3 Å². The van der Waals surface area contributed by atoms with Gasteiger partial charge in [0.05, 0.1) is 5.56 Å². The third kappa shape index (κ3) is 2.45. The lowest BCUT2D eigenvalue weighted by Crippen LogP contribution is -2.14. The van der Waals surface area contributed by atoms with Gasteiger partial charge in [0, 0.05) is 22.0 Å². The molecule has 1 aliphatic carbocycles. The Kier molecular flexibility index (Phi) is 3.53. The highest BCUT2D eigenvalue weighted by Crippen LogP contribution is 2.30. The van der Waals surface area contributed by atoms with Gasteiger partial charge in [0.25, 0.3) is 5.91 Å². The van der Waals surface area contributed by atoms with E-state index in [0.717, 1.165) is 43.4 Å². The average Bonchev–Trinajstić information content (AvgIpc) is 2.87. The summed E-state index contributed by atoms with van der Waals surface area (Å²) in [5, 5.41) is 4.48. The number of hydrogen-bond acceptors (Lipinski definition) is 2. The molecule has 3 rings (SSSR count). The number of aryl methyl sites for hydroxylation is 1. The zero-order valence-corrected chi connectivity index (χ0v) is 11.5. The average molecular weight is 293 g/mol.